The molecule has 0 aliphatic heterocycles. The highest BCUT2D eigenvalue weighted by molar-refractivity contribution is 5.55. The number of non-ortho nitro benzene ring substituents is 1. The zero-order valence-corrected chi connectivity index (χ0v) is 11.1. The highest BCUT2D eigenvalue weighted by Crippen LogP contribution is 2.26. The number of nitro benzene ring substituents is 1. The third kappa shape index (κ3) is 4.24. The van der Waals surface area contributed by atoms with Gasteiger partial charge >= 0.3 is 0 Å². The summed E-state index contributed by atoms with van der Waals surface area (Å²) in [4.78, 5) is 10.4. The van der Waals surface area contributed by atoms with Gasteiger partial charge in [-0.05, 0) is 12.3 Å². The average Bonchev–Trinajstić information content (AvgIpc) is 2.36. The van der Waals surface area contributed by atoms with Gasteiger partial charge in [0.05, 0.1) is 17.6 Å². The Balaban J connectivity index is 2.75. The number of rotatable bonds is 7. The van der Waals surface area contributed by atoms with Gasteiger partial charge in [0.15, 0.2) is 0 Å². The molecule has 1 atom stereocenters. The van der Waals surface area contributed by atoms with Crippen LogP contribution in [-0.4, -0.2) is 18.6 Å². The Morgan fingerprint density at radius 3 is 2.72 bits per heavy atom. The van der Waals surface area contributed by atoms with E-state index in [4.69, 9.17) is 4.74 Å². The van der Waals surface area contributed by atoms with Gasteiger partial charge in [0.1, 0.15) is 5.75 Å². The molecule has 0 saturated carbocycles. The molecule has 100 valence electrons. The summed E-state index contributed by atoms with van der Waals surface area (Å²) in [6, 6.07) is 4.72. The molecule has 5 heteroatoms. The van der Waals surface area contributed by atoms with Crippen LogP contribution in [0.25, 0.3) is 0 Å². The number of hydrogen-bond donors (Lipinski definition) is 1. The summed E-state index contributed by atoms with van der Waals surface area (Å²) in [5.41, 5.74) is 0.724. The predicted octanol–water partition coefficient (Wildman–Crippen LogP) is 3.45. The van der Waals surface area contributed by atoms with Gasteiger partial charge in [0.25, 0.3) is 5.69 Å². The van der Waals surface area contributed by atoms with E-state index in [1.807, 2.05) is 0 Å². The van der Waals surface area contributed by atoms with Gasteiger partial charge in [0.2, 0.25) is 0 Å². The van der Waals surface area contributed by atoms with E-state index >= 15 is 0 Å². The summed E-state index contributed by atoms with van der Waals surface area (Å²) in [5.74, 6) is 0.990. The van der Waals surface area contributed by atoms with Crippen molar-refractivity contribution in [1.82, 2.24) is 0 Å². The summed E-state index contributed by atoms with van der Waals surface area (Å²) in [5, 5.41) is 13.7. The number of benzene rings is 1. The Labute approximate surface area is 107 Å². The second kappa shape index (κ2) is 6.83. The van der Waals surface area contributed by atoms with E-state index in [1.54, 1.807) is 13.1 Å². The number of nitro groups is 1. The summed E-state index contributed by atoms with van der Waals surface area (Å²) < 4.78 is 5.61. The molecule has 18 heavy (non-hydrogen) atoms. The van der Waals surface area contributed by atoms with Gasteiger partial charge in [-0.3, -0.25) is 10.1 Å². The van der Waals surface area contributed by atoms with Crippen LogP contribution in [0, 0.1) is 16.0 Å². The van der Waals surface area contributed by atoms with Crippen molar-refractivity contribution >= 4 is 11.4 Å². The topological polar surface area (TPSA) is 64.4 Å². The van der Waals surface area contributed by atoms with Crippen molar-refractivity contribution in [2.45, 2.75) is 26.7 Å². The average molecular weight is 252 g/mol. The van der Waals surface area contributed by atoms with Crippen LogP contribution < -0.4 is 10.1 Å². The fraction of sp³-hybridized carbons (Fsp3) is 0.538. The van der Waals surface area contributed by atoms with Crippen LogP contribution in [0.3, 0.4) is 0 Å². The van der Waals surface area contributed by atoms with E-state index < -0.39 is 4.92 Å². The maximum atomic E-state index is 10.8. The van der Waals surface area contributed by atoms with Crippen LogP contribution in [0.5, 0.6) is 5.75 Å². The van der Waals surface area contributed by atoms with Crippen molar-refractivity contribution in [2.75, 3.05) is 19.0 Å². The van der Waals surface area contributed by atoms with Crippen molar-refractivity contribution < 1.29 is 9.66 Å². The lowest BCUT2D eigenvalue weighted by Crippen LogP contribution is -2.08. The lowest BCUT2D eigenvalue weighted by molar-refractivity contribution is -0.384. The molecule has 1 rings (SSSR count). The third-order valence-electron chi connectivity index (χ3n) is 2.71. The molecule has 5 nitrogen and oxygen atoms in total. The van der Waals surface area contributed by atoms with Crippen molar-refractivity contribution in [2.24, 2.45) is 5.92 Å². The van der Waals surface area contributed by atoms with Crippen molar-refractivity contribution in [3.05, 3.63) is 28.3 Å². The van der Waals surface area contributed by atoms with Gasteiger partial charge in [-0.2, -0.15) is 0 Å². The number of anilines is 1. The minimum absolute atomic E-state index is 0.0417. The molecule has 0 radical (unpaired) electrons. The molecule has 1 unspecified atom stereocenters. The molecular weight excluding hydrogens is 232 g/mol. The van der Waals surface area contributed by atoms with E-state index in [9.17, 15) is 10.1 Å². The van der Waals surface area contributed by atoms with Crippen molar-refractivity contribution in [1.29, 1.82) is 0 Å². The zero-order chi connectivity index (χ0) is 13.5. The van der Waals surface area contributed by atoms with Crippen LogP contribution >= 0.6 is 0 Å². The molecule has 0 heterocycles. The lowest BCUT2D eigenvalue weighted by Gasteiger charge is -2.12. The lowest BCUT2D eigenvalue weighted by atomic mass is 10.1. The normalized spacial score (nSPS) is 11.9. The Kier molecular flexibility index (Phi) is 5.42. The van der Waals surface area contributed by atoms with Crippen LogP contribution in [0.1, 0.15) is 26.7 Å². The third-order valence-corrected chi connectivity index (χ3v) is 2.71. The quantitative estimate of drug-likeness (QED) is 0.596. The largest absolute Gasteiger partial charge is 0.493 e. The Morgan fingerprint density at radius 2 is 2.17 bits per heavy atom. The highest BCUT2D eigenvalue weighted by Gasteiger charge is 2.11. The molecule has 1 aromatic carbocycles. The molecular formula is C13H20N2O3. The summed E-state index contributed by atoms with van der Waals surface area (Å²) in [6.07, 6.45) is 2.20. The molecule has 1 N–H and O–H groups in total. The van der Waals surface area contributed by atoms with Crippen LogP contribution in [-0.2, 0) is 0 Å². The molecule has 0 aliphatic carbocycles. The van der Waals surface area contributed by atoms with E-state index in [1.165, 1.54) is 12.1 Å². The molecule has 0 aliphatic rings. The van der Waals surface area contributed by atoms with Gasteiger partial charge < -0.3 is 10.1 Å². The number of ether oxygens (including phenoxy) is 1. The minimum Gasteiger partial charge on any atom is -0.493 e. The molecule has 0 fully saturated rings. The van der Waals surface area contributed by atoms with Gasteiger partial charge in [0, 0.05) is 24.9 Å². The first-order chi connectivity index (χ1) is 8.56. The number of nitrogens with one attached hydrogen (secondary N) is 1. The smallest absolute Gasteiger partial charge is 0.275 e. The Bertz CT molecular complexity index is 407. The minimum atomic E-state index is -0.414. The monoisotopic (exact) mass is 252 g/mol. The molecule has 0 aromatic heterocycles. The second-order valence-electron chi connectivity index (χ2n) is 4.43. The highest BCUT2D eigenvalue weighted by atomic mass is 16.6. The first-order valence-electron chi connectivity index (χ1n) is 6.16. The van der Waals surface area contributed by atoms with Crippen LogP contribution in [0.2, 0.25) is 0 Å². The van der Waals surface area contributed by atoms with Gasteiger partial charge in [-0.15, -0.1) is 0 Å². The van der Waals surface area contributed by atoms with Crippen LogP contribution in [0.4, 0.5) is 11.4 Å². The Morgan fingerprint density at radius 1 is 1.44 bits per heavy atom. The van der Waals surface area contributed by atoms with Gasteiger partial charge in [-0.1, -0.05) is 20.3 Å². The maximum Gasteiger partial charge on any atom is 0.275 e. The van der Waals surface area contributed by atoms with Crippen molar-refractivity contribution in [3.8, 4) is 5.75 Å². The van der Waals surface area contributed by atoms with Gasteiger partial charge in [-0.25, -0.2) is 0 Å². The molecule has 0 amide bonds. The standard InChI is InChI=1S/C13H20N2O3/c1-4-5-10(2)9-18-13-7-11(14-3)6-12(8-13)15(16)17/h6-8,10,14H,4-5,9H2,1-3H3. The van der Waals surface area contributed by atoms with E-state index in [2.05, 4.69) is 19.2 Å². The molecule has 0 bridgehead atoms. The van der Waals surface area contributed by atoms with Crippen LogP contribution in [0.15, 0.2) is 18.2 Å². The second-order valence-corrected chi connectivity index (χ2v) is 4.43. The predicted molar refractivity (Wildman–Crippen MR) is 72.2 cm³/mol. The Hall–Kier alpha value is -1.78. The maximum absolute atomic E-state index is 10.8. The molecule has 0 spiro atoms. The fourth-order valence-electron chi connectivity index (χ4n) is 1.73. The zero-order valence-electron chi connectivity index (χ0n) is 11.1. The fourth-order valence-corrected chi connectivity index (χ4v) is 1.73. The first kappa shape index (κ1) is 14.3. The number of nitrogens with zero attached hydrogens (tertiary/aromatic N) is 1. The summed E-state index contributed by atoms with van der Waals surface area (Å²) in [7, 11) is 1.72. The van der Waals surface area contributed by atoms with E-state index in [0.717, 1.165) is 12.8 Å². The summed E-state index contributed by atoms with van der Waals surface area (Å²) in [6.45, 7) is 4.82. The van der Waals surface area contributed by atoms with Crippen molar-refractivity contribution in [3.63, 3.8) is 0 Å². The SMILES string of the molecule is CCCC(C)COc1cc(NC)cc([N+](=O)[O-])c1. The molecule has 1 aromatic rings. The van der Waals surface area contributed by atoms with E-state index in [-0.39, 0.29) is 5.69 Å². The van der Waals surface area contributed by atoms with E-state index in [0.29, 0.717) is 24.0 Å². The first-order valence-corrected chi connectivity index (χ1v) is 6.16. The summed E-state index contributed by atoms with van der Waals surface area (Å²) >= 11 is 0. The number of hydrogen-bond acceptors (Lipinski definition) is 4. The molecule has 0 saturated heterocycles.